The first kappa shape index (κ1) is 86.8. The number of rotatable bonds is 42. The standard InChI is InChI=1S/C21H33N3O9S3.C21H40O8S4.C12H22O4S2/c1-13(34)10-16(25)31-7-4-22-19(28)23(5-8-32-17(26)11-14(2)35)21(30)24(20(22)29)6-9-33-18(27)12-15(3)36;1-13(30)5-17(22)26-9-21(10-27-18(23)6-14(2)31,11-28-19(24)7-15(3)32)12-29-20(25)8-16(4)33;1-9(17)7-11(13)15-5-3-4-6-16-12(14)8-10(2)18/h13-15,34-36H,4-12H2,1-3H3;13-18,22-23,30-33H,5-12H2,1-4H3;9-10,17-18H,3-8H2,1-2H3. The SMILES string of the molecule is CC(S)CC(=O)OCC(COC(=O)CC(C)S)(COC(O)CC(C)S)COC(O)CC(C)S.CC(S)CC(=O)OCCCCOC(=O)CC(C)S.CC(S)CC(=O)OCCn1c(=O)n(CCOC(=O)CC(C)S)c(=O)n(CCOC(=O)CC(C)S)c1=O. The lowest BCUT2D eigenvalue weighted by molar-refractivity contribution is -0.195. The zero-order valence-corrected chi connectivity index (χ0v) is 59.2. The van der Waals surface area contributed by atoms with Crippen LogP contribution in [0.3, 0.4) is 0 Å². The van der Waals surface area contributed by atoms with Crippen LogP contribution < -0.4 is 17.1 Å². The topological polar surface area (TPSA) is 309 Å². The summed E-state index contributed by atoms with van der Waals surface area (Å²) in [5, 5.41) is 19.0. The molecule has 24 nitrogen and oxygen atoms in total. The van der Waals surface area contributed by atoms with Crippen LogP contribution in [0.25, 0.3) is 0 Å². The zero-order valence-electron chi connectivity index (χ0n) is 51.1. The molecule has 0 aromatic carbocycles. The summed E-state index contributed by atoms with van der Waals surface area (Å²) in [5.41, 5.74) is -4.05. The fraction of sp³-hybridized carbons (Fsp3) is 0.815. The van der Waals surface area contributed by atoms with Gasteiger partial charge < -0.3 is 52.8 Å². The molecule has 33 heteroatoms. The fourth-order valence-corrected chi connectivity index (χ4v) is 8.07. The second kappa shape index (κ2) is 49.3. The molecule has 0 amide bonds. The van der Waals surface area contributed by atoms with E-state index in [4.69, 9.17) is 42.6 Å². The third-order valence-corrected chi connectivity index (χ3v) is 12.4. The van der Waals surface area contributed by atoms with Gasteiger partial charge in [-0.1, -0.05) is 62.3 Å². The minimum absolute atomic E-state index is 0.0154. The summed E-state index contributed by atoms with van der Waals surface area (Å²) in [7, 11) is 0. The summed E-state index contributed by atoms with van der Waals surface area (Å²) >= 11 is 37.4. The molecule has 0 saturated carbocycles. The van der Waals surface area contributed by atoms with Crippen molar-refractivity contribution < 1.29 is 86.4 Å². The minimum Gasteiger partial charge on any atom is -0.466 e. The van der Waals surface area contributed by atoms with Crippen molar-refractivity contribution in [3.05, 3.63) is 31.5 Å². The van der Waals surface area contributed by atoms with Gasteiger partial charge in [-0.05, 0) is 12.8 Å². The third kappa shape index (κ3) is 47.3. The highest BCUT2D eigenvalue weighted by Crippen LogP contribution is 2.25. The maximum atomic E-state index is 12.9. The molecule has 0 aliphatic carbocycles. The summed E-state index contributed by atoms with van der Waals surface area (Å²) in [6, 6.07) is 0. The van der Waals surface area contributed by atoms with E-state index in [1.165, 1.54) is 0 Å². The van der Waals surface area contributed by atoms with E-state index < -0.39 is 64.9 Å². The summed E-state index contributed by atoms with van der Waals surface area (Å²) in [5.74, 6) is -3.14. The fourth-order valence-electron chi connectivity index (χ4n) is 6.67. The molecular weight excluding hydrogens is 1320 g/mol. The van der Waals surface area contributed by atoms with Crippen LogP contribution in [0.4, 0.5) is 0 Å². The molecular formula is C54H95N3O21S9. The van der Waals surface area contributed by atoms with Crippen molar-refractivity contribution in [3.63, 3.8) is 0 Å². The third-order valence-electron chi connectivity index (χ3n) is 10.7. The predicted molar refractivity (Wildman–Crippen MR) is 359 cm³/mol. The van der Waals surface area contributed by atoms with Crippen LogP contribution in [0.15, 0.2) is 14.4 Å². The Balaban J connectivity index is 0. The summed E-state index contributed by atoms with van der Waals surface area (Å²) < 4.78 is 49.3. The maximum absolute atomic E-state index is 12.9. The number of ether oxygens (including phenoxy) is 9. The average Bonchev–Trinajstić information content (AvgIpc) is 1.02. The van der Waals surface area contributed by atoms with Crippen molar-refractivity contribution in [1.82, 2.24) is 13.7 Å². The highest BCUT2D eigenvalue weighted by molar-refractivity contribution is 7.82. The number of aromatic nitrogens is 3. The molecule has 2 N–H and O–H groups in total. The number of hydrogen-bond donors (Lipinski definition) is 11. The molecule has 0 spiro atoms. The Morgan fingerprint density at radius 1 is 0.345 bits per heavy atom. The molecule has 11 unspecified atom stereocenters. The molecule has 0 aliphatic heterocycles. The van der Waals surface area contributed by atoms with Gasteiger partial charge in [-0.3, -0.25) is 33.6 Å². The number of esters is 7. The summed E-state index contributed by atoms with van der Waals surface area (Å²) in [6.07, 6.45) is 0.525. The molecule has 87 heavy (non-hydrogen) atoms. The lowest BCUT2D eigenvalue weighted by Crippen LogP contribution is -2.55. The Kier molecular flexibility index (Phi) is 49.2. The van der Waals surface area contributed by atoms with Crippen LogP contribution in [0.1, 0.15) is 133 Å². The molecule has 1 rings (SSSR count). The molecule has 506 valence electrons. The quantitative estimate of drug-likeness (QED) is 0.0138. The summed E-state index contributed by atoms with van der Waals surface area (Å²) in [4.78, 5) is 121. The zero-order chi connectivity index (χ0) is 67.0. The van der Waals surface area contributed by atoms with Gasteiger partial charge in [0.1, 0.15) is 33.0 Å². The van der Waals surface area contributed by atoms with Gasteiger partial charge in [0.05, 0.1) is 96.4 Å². The molecule has 0 bridgehead atoms. The second-order valence-electron chi connectivity index (χ2n) is 21.0. The molecule has 0 saturated heterocycles. The van der Waals surface area contributed by atoms with Crippen molar-refractivity contribution in [2.45, 2.75) is 212 Å². The first-order valence-electron chi connectivity index (χ1n) is 28.2. The van der Waals surface area contributed by atoms with Gasteiger partial charge in [-0.2, -0.15) is 114 Å². The van der Waals surface area contributed by atoms with Crippen LogP contribution in [0.2, 0.25) is 0 Å². The van der Waals surface area contributed by atoms with Gasteiger partial charge in [0.15, 0.2) is 12.6 Å². The number of thiol groups is 9. The first-order chi connectivity index (χ1) is 40.5. The van der Waals surface area contributed by atoms with Crippen LogP contribution in [0, 0.1) is 5.41 Å². The first-order valence-corrected chi connectivity index (χ1v) is 32.9. The van der Waals surface area contributed by atoms with Crippen molar-refractivity contribution in [3.8, 4) is 0 Å². The number of carbonyl (C=O) groups excluding carboxylic acids is 7. The van der Waals surface area contributed by atoms with Gasteiger partial charge in [-0.15, -0.1) is 0 Å². The van der Waals surface area contributed by atoms with Gasteiger partial charge in [0.2, 0.25) is 0 Å². The van der Waals surface area contributed by atoms with Crippen molar-refractivity contribution in [2.24, 2.45) is 5.41 Å². The van der Waals surface area contributed by atoms with E-state index >= 15 is 0 Å². The Bertz CT molecular complexity index is 2110. The second-order valence-corrected chi connectivity index (χ2v) is 28.9. The number of carbonyl (C=O) groups is 7. The normalized spacial score (nSPS) is 15.6. The van der Waals surface area contributed by atoms with Crippen molar-refractivity contribution in [1.29, 1.82) is 0 Å². The smallest absolute Gasteiger partial charge is 0.336 e. The minimum atomic E-state index is -1.17. The largest absolute Gasteiger partial charge is 0.466 e. The number of unbranched alkanes of at least 4 members (excludes halogenated alkanes) is 1. The molecule has 1 aromatic rings. The van der Waals surface area contributed by atoms with Gasteiger partial charge in [0.25, 0.3) is 0 Å². The lowest BCUT2D eigenvalue weighted by Gasteiger charge is -2.34. The molecule has 0 radical (unpaired) electrons. The number of aliphatic hydroxyl groups excluding tert-OH is 2. The molecule has 1 aromatic heterocycles. The Labute approximate surface area is 560 Å². The number of hydrogen-bond acceptors (Lipinski definition) is 30. The number of nitrogens with zero attached hydrogens (tertiary/aromatic N) is 3. The van der Waals surface area contributed by atoms with Crippen molar-refractivity contribution in [2.75, 3.05) is 59.5 Å². The highest BCUT2D eigenvalue weighted by atomic mass is 32.1. The molecule has 0 fully saturated rings. The van der Waals surface area contributed by atoms with E-state index in [2.05, 4.69) is 114 Å². The van der Waals surface area contributed by atoms with E-state index in [0.29, 0.717) is 38.9 Å². The van der Waals surface area contributed by atoms with Gasteiger partial charge >= 0.3 is 58.9 Å². The lowest BCUT2D eigenvalue weighted by atomic mass is 9.92. The van der Waals surface area contributed by atoms with Crippen LogP contribution in [0.5, 0.6) is 0 Å². The molecule has 1 heterocycles. The monoisotopic (exact) mass is 1410 g/mol. The molecule has 0 aliphatic rings. The summed E-state index contributed by atoms with van der Waals surface area (Å²) in [6.45, 7) is 14.0. The van der Waals surface area contributed by atoms with Crippen molar-refractivity contribution >= 4 is 155 Å². The van der Waals surface area contributed by atoms with E-state index in [-0.39, 0.29) is 170 Å². The van der Waals surface area contributed by atoms with Crippen LogP contribution in [-0.2, 0) is 95.8 Å². The number of aliphatic hydroxyl groups is 2. The van der Waals surface area contributed by atoms with E-state index in [1.54, 1.807) is 34.6 Å². The van der Waals surface area contributed by atoms with Gasteiger partial charge in [0, 0.05) is 60.1 Å². The van der Waals surface area contributed by atoms with E-state index in [0.717, 1.165) is 13.7 Å². The van der Waals surface area contributed by atoms with Crippen LogP contribution >= 0.6 is 114 Å². The molecule has 11 atom stereocenters. The Hall–Kier alpha value is -2.31. The Morgan fingerprint density at radius 2 is 0.552 bits per heavy atom. The van der Waals surface area contributed by atoms with E-state index in [1.807, 2.05) is 27.7 Å². The maximum Gasteiger partial charge on any atom is 0.336 e. The van der Waals surface area contributed by atoms with E-state index in [9.17, 15) is 58.2 Å². The average molecular weight is 1410 g/mol. The Morgan fingerprint density at radius 3 is 0.759 bits per heavy atom. The highest BCUT2D eigenvalue weighted by Gasteiger charge is 2.37. The predicted octanol–water partition coefficient (Wildman–Crippen LogP) is 4.76. The van der Waals surface area contributed by atoms with Crippen LogP contribution in [-0.4, -0.2) is 185 Å². The van der Waals surface area contributed by atoms with Gasteiger partial charge in [-0.25, -0.2) is 28.1 Å².